The van der Waals surface area contributed by atoms with Gasteiger partial charge >= 0.3 is 35.1 Å². The number of alkyl halides is 13. The highest BCUT2D eigenvalue weighted by Gasteiger charge is 2.91. The van der Waals surface area contributed by atoms with Gasteiger partial charge in [0.2, 0.25) is 0 Å². The van der Waals surface area contributed by atoms with Crippen LogP contribution in [0.1, 0.15) is 19.3 Å². The fourth-order valence-electron chi connectivity index (χ4n) is 2.42. The minimum absolute atomic E-state index is 0.255. The molecule has 0 amide bonds. The number of piperidine rings is 1. The topological polar surface area (TPSA) is 20.3 Å². The molecule has 0 aliphatic carbocycles. The van der Waals surface area contributed by atoms with Crippen LogP contribution in [0.2, 0.25) is 0 Å². The lowest BCUT2D eigenvalue weighted by Gasteiger charge is -2.39. The summed E-state index contributed by atoms with van der Waals surface area (Å²) < 4.78 is 180. The van der Waals surface area contributed by atoms with Gasteiger partial charge in [0, 0.05) is 12.3 Å². The zero-order valence-corrected chi connectivity index (χ0v) is 14.9. The van der Waals surface area contributed by atoms with Crippen molar-refractivity contribution in [2.24, 2.45) is 0 Å². The highest BCUT2D eigenvalue weighted by Crippen LogP contribution is 2.60. The van der Waals surface area contributed by atoms with Crippen LogP contribution in [-0.4, -0.2) is 69.6 Å². The fourth-order valence-corrected chi connectivity index (χ4v) is 3.52. The standard InChI is InChI=1S/C13H14F13NOS/c14-8(15,10(18,19)12(22,23)24)9(16,17)11(20,21)13(25,26)29(28)7-6-27-4-2-1-3-5-27/h1-7H2. The van der Waals surface area contributed by atoms with Crippen molar-refractivity contribution in [3.05, 3.63) is 0 Å². The Bertz CT molecular complexity index is 598. The number of halogens is 13. The summed E-state index contributed by atoms with van der Waals surface area (Å²) >= 11 is 0. The fraction of sp³-hybridized carbons (Fsp3) is 1.00. The zero-order chi connectivity index (χ0) is 23.1. The summed E-state index contributed by atoms with van der Waals surface area (Å²) in [5.41, 5.74) is 0. The molecule has 29 heavy (non-hydrogen) atoms. The van der Waals surface area contributed by atoms with Gasteiger partial charge in [-0.05, 0) is 25.9 Å². The predicted octanol–water partition coefficient (Wildman–Crippen LogP) is 4.92. The second-order valence-electron chi connectivity index (χ2n) is 6.26. The monoisotopic (exact) mass is 479 g/mol. The summed E-state index contributed by atoms with van der Waals surface area (Å²) in [5.74, 6) is -32.6. The molecule has 1 aliphatic rings. The van der Waals surface area contributed by atoms with Crippen LogP contribution in [-0.2, 0) is 10.8 Å². The maximum absolute atomic E-state index is 13.7. The van der Waals surface area contributed by atoms with E-state index in [9.17, 15) is 61.3 Å². The number of hydrogen-bond donors (Lipinski definition) is 0. The lowest BCUT2D eigenvalue weighted by atomic mass is 9.98. The lowest BCUT2D eigenvalue weighted by Crippen LogP contribution is -2.70. The molecule has 174 valence electrons. The van der Waals surface area contributed by atoms with Crippen molar-refractivity contribution in [3.63, 3.8) is 0 Å². The van der Waals surface area contributed by atoms with Crippen LogP contribution < -0.4 is 0 Å². The first kappa shape index (κ1) is 26.2. The SMILES string of the molecule is O=S(CCN1CCCCC1)C(F)(F)C(F)(F)C(F)(F)C(F)(F)C(F)(F)C(F)(F)F. The summed E-state index contributed by atoms with van der Waals surface area (Å²) in [6.07, 6.45) is -5.62. The number of nitrogens with zero attached hydrogens (tertiary/aromatic N) is 1. The van der Waals surface area contributed by atoms with Gasteiger partial charge in [-0.15, -0.1) is 0 Å². The first-order valence-corrected chi connectivity index (χ1v) is 9.13. The van der Waals surface area contributed by atoms with E-state index in [2.05, 4.69) is 0 Å². The molecule has 1 heterocycles. The van der Waals surface area contributed by atoms with Gasteiger partial charge in [0.05, 0.1) is 10.8 Å². The predicted molar refractivity (Wildman–Crippen MR) is 74.1 cm³/mol. The molecule has 16 heteroatoms. The van der Waals surface area contributed by atoms with E-state index in [0.717, 1.165) is 6.42 Å². The Hall–Kier alpha value is -0.800. The Morgan fingerprint density at radius 1 is 0.621 bits per heavy atom. The van der Waals surface area contributed by atoms with Gasteiger partial charge in [-0.25, -0.2) is 0 Å². The van der Waals surface area contributed by atoms with Crippen LogP contribution in [0, 0.1) is 0 Å². The molecule has 1 saturated heterocycles. The molecule has 1 unspecified atom stereocenters. The van der Waals surface area contributed by atoms with E-state index in [0.29, 0.717) is 12.8 Å². The highest BCUT2D eigenvalue weighted by atomic mass is 32.2. The third-order valence-corrected chi connectivity index (χ3v) is 5.61. The Morgan fingerprint density at radius 2 is 1.03 bits per heavy atom. The van der Waals surface area contributed by atoms with E-state index >= 15 is 0 Å². The Balaban J connectivity index is 3.15. The number of rotatable bonds is 8. The third kappa shape index (κ3) is 4.32. The van der Waals surface area contributed by atoms with Gasteiger partial charge < -0.3 is 4.90 Å². The van der Waals surface area contributed by atoms with Crippen LogP contribution in [0.25, 0.3) is 0 Å². The molecule has 0 bridgehead atoms. The van der Waals surface area contributed by atoms with Crippen LogP contribution >= 0.6 is 0 Å². The van der Waals surface area contributed by atoms with Gasteiger partial charge in [-0.2, -0.15) is 57.1 Å². The van der Waals surface area contributed by atoms with Crippen molar-refractivity contribution in [2.75, 3.05) is 25.4 Å². The molecule has 2 nitrogen and oxygen atoms in total. The zero-order valence-electron chi connectivity index (χ0n) is 14.1. The van der Waals surface area contributed by atoms with Crippen molar-refractivity contribution in [1.29, 1.82) is 0 Å². The van der Waals surface area contributed by atoms with Crippen LogP contribution in [0.15, 0.2) is 0 Å². The van der Waals surface area contributed by atoms with Gasteiger partial charge in [-0.1, -0.05) is 6.42 Å². The van der Waals surface area contributed by atoms with E-state index in [1.807, 2.05) is 0 Å². The van der Waals surface area contributed by atoms with E-state index in [1.54, 1.807) is 0 Å². The molecular weight excluding hydrogens is 465 g/mol. The molecule has 1 fully saturated rings. The van der Waals surface area contributed by atoms with Gasteiger partial charge in [0.1, 0.15) is 0 Å². The van der Waals surface area contributed by atoms with E-state index in [4.69, 9.17) is 0 Å². The van der Waals surface area contributed by atoms with E-state index in [-0.39, 0.29) is 13.1 Å². The van der Waals surface area contributed by atoms with Crippen LogP contribution in [0.4, 0.5) is 57.1 Å². The minimum Gasteiger partial charge on any atom is -0.302 e. The molecule has 0 aromatic rings. The first-order valence-electron chi connectivity index (χ1n) is 7.81. The van der Waals surface area contributed by atoms with E-state index in [1.165, 1.54) is 4.90 Å². The quantitative estimate of drug-likeness (QED) is 0.461. The maximum Gasteiger partial charge on any atom is 0.460 e. The molecular formula is C13H14F13NOS. The molecule has 1 aliphatic heterocycles. The van der Waals surface area contributed by atoms with Crippen molar-refractivity contribution in [1.82, 2.24) is 4.90 Å². The normalized spacial score (nSPS) is 20.0. The van der Waals surface area contributed by atoms with Crippen molar-refractivity contribution < 1.29 is 61.3 Å². The van der Waals surface area contributed by atoms with Gasteiger partial charge in [-0.3, -0.25) is 4.21 Å². The first-order chi connectivity index (χ1) is 12.7. The van der Waals surface area contributed by atoms with Crippen molar-refractivity contribution in [2.45, 2.75) is 54.4 Å². The van der Waals surface area contributed by atoms with Crippen molar-refractivity contribution in [3.8, 4) is 0 Å². The molecule has 0 saturated carbocycles. The summed E-state index contributed by atoms with van der Waals surface area (Å²) in [5, 5.41) is -6.53. The Kier molecular flexibility index (Phi) is 7.27. The molecule has 0 aromatic carbocycles. The Morgan fingerprint density at radius 3 is 1.45 bits per heavy atom. The van der Waals surface area contributed by atoms with E-state index < -0.39 is 58.2 Å². The largest absolute Gasteiger partial charge is 0.460 e. The molecule has 0 spiro atoms. The smallest absolute Gasteiger partial charge is 0.302 e. The molecule has 0 radical (unpaired) electrons. The summed E-state index contributed by atoms with van der Waals surface area (Å²) in [7, 11) is -4.30. The average Bonchev–Trinajstić information content (AvgIpc) is 2.58. The molecule has 1 rings (SSSR count). The molecule has 0 aromatic heterocycles. The number of hydrogen-bond acceptors (Lipinski definition) is 2. The van der Waals surface area contributed by atoms with Crippen LogP contribution in [0.3, 0.4) is 0 Å². The minimum atomic E-state index is -7.97. The lowest BCUT2D eigenvalue weighted by molar-refractivity contribution is -0.433. The average molecular weight is 479 g/mol. The van der Waals surface area contributed by atoms with Crippen molar-refractivity contribution >= 4 is 10.8 Å². The maximum atomic E-state index is 13.7. The highest BCUT2D eigenvalue weighted by molar-refractivity contribution is 7.86. The molecule has 0 N–H and O–H groups in total. The molecule has 1 atom stereocenters. The van der Waals surface area contributed by atoms with Gasteiger partial charge in [0.15, 0.2) is 0 Å². The van der Waals surface area contributed by atoms with Gasteiger partial charge in [0.25, 0.3) is 0 Å². The summed E-state index contributed by atoms with van der Waals surface area (Å²) in [6.45, 7) is -0.0879. The second kappa shape index (κ2) is 8.04. The number of likely N-dealkylation sites (tertiary alicyclic amines) is 1. The second-order valence-corrected chi connectivity index (χ2v) is 7.88. The third-order valence-electron chi connectivity index (χ3n) is 4.23. The summed E-state index contributed by atoms with van der Waals surface area (Å²) in [4.78, 5) is 1.33. The summed E-state index contributed by atoms with van der Waals surface area (Å²) in [6, 6.07) is 0. The van der Waals surface area contributed by atoms with Crippen LogP contribution in [0.5, 0.6) is 0 Å². The Labute approximate surface area is 157 Å².